The smallest absolute Gasteiger partial charge is 0.220 e. The lowest BCUT2D eigenvalue weighted by Crippen LogP contribution is -2.34. The van der Waals surface area contributed by atoms with Crippen molar-refractivity contribution >= 4 is 16.8 Å². The molecule has 156 valence electrons. The summed E-state index contributed by atoms with van der Waals surface area (Å²) in [5.41, 5.74) is 2.42. The van der Waals surface area contributed by atoms with Gasteiger partial charge in [-0.2, -0.15) is 0 Å². The number of hydrogen-bond donors (Lipinski definition) is 2. The van der Waals surface area contributed by atoms with E-state index < -0.39 is 0 Å². The molecule has 0 aliphatic rings. The van der Waals surface area contributed by atoms with E-state index in [1.54, 1.807) is 0 Å². The van der Waals surface area contributed by atoms with Gasteiger partial charge in [-0.05, 0) is 69.3 Å². The number of nitrogens with zero attached hydrogens (tertiary/aromatic N) is 1. The Labute approximate surface area is 171 Å². The highest BCUT2D eigenvalue weighted by Gasteiger charge is 2.21. The minimum absolute atomic E-state index is 0.172. The highest BCUT2D eigenvalue weighted by atomic mass is 16.1. The SMILES string of the molecule is CCN(CC)CCC[C@@H](C)NC(=O)C[C@H](CC(C)C)c1c[nH]c2ccccc12. The highest BCUT2D eigenvalue weighted by molar-refractivity contribution is 5.85. The molecule has 1 heterocycles. The van der Waals surface area contributed by atoms with Crippen LogP contribution < -0.4 is 5.32 Å². The summed E-state index contributed by atoms with van der Waals surface area (Å²) in [4.78, 5) is 18.6. The van der Waals surface area contributed by atoms with Crippen LogP contribution in [-0.4, -0.2) is 41.5 Å². The van der Waals surface area contributed by atoms with Crippen molar-refractivity contribution in [1.29, 1.82) is 0 Å². The molecule has 0 aliphatic carbocycles. The van der Waals surface area contributed by atoms with Gasteiger partial charge in [0.2, 0.25) is 5.91 Å². The number of benzene rings is 1. The van der Waals surface area contributed by atoms with Gasteiger partial charge in [0.15, 0.2) is 0 Å². The lowest BCUT2D eigenvalue weighted by atomic mass is 9.87. The molecular formula is C24H39N3O. The molecule has 0 bridgehead atoms. The van der Waals surface area contributed by atoms with Crippen LogP contribution in [0.3, 0.4) is 0 Å². The maximum absolute atomic E-state index is 12.8. The molecule has 0 radical (unpaired) electrons. The number of rotatable bonds is 12. The number of aromatic nitrogens is 1. The lowest BCUT2D eigenvalue weighted by molar-refractivity contribution is -0.122. The fraction of sp³-hybridized carbons (Fsp3) is 0.625. The number of aromatic amines is 1. The second-order valence-corrected chi connectivity index (χ2v) is 8.46. The van der Waals surface area contributed by atoms with Crippen LogP contribution in [0.25, 0.3) is 10.9 Å². The molecule has 0 saturated heterocycles. The number of nitrogens with one attached hydrogen (secondary N) is 2. The highest BCUT2D eigenvalue weighted by Crippen LogP contribution is 2.32. The first kappa shape index (κ1) is 22.5. The van der Waals surface area contributed by atoms with Gasteiger partial charge in [-0.3, -0.25) is 4.79 Å². The summed E-state index contributed by atoms with van der Waals surface area (Å²) >= 11 is 0. The average Bonchev–Trinajstić information content (AvgIpc) is 3.08. The van der Waals surface area contributed by atoms with Gasteiger partial charge in [-0.15, -0.1) is 0 Å². The van der Waals surface area contributed by atoms with Crippen LogP contribution in [0.4, 0.5) is 0 Å². The Bertz CT molecular complexity index is 717. The van der Waals surface area contributed by atoms with Gasteiger partial charge in [-0.25, -0.2) is 0 Å². The molecular weight excluding hydrogens is 346 g/mol. The number of hydrogen-bond acceptors (Lipinski definition) is 2. The number of carbonyl (C=O) groups excluding carboxylic acids is 1. The summed E-state index contributed by atoms with van der Waals surface area (Å²) < 4.78 is 0. The van der Waals surface area contributed by atoms with E-state index in [1.807, 2.05) is 6.07 Å². The Kier molecular flexibility index (Phi) is 9.04. The molecule has 4 nitrogen and oxygen atoms in total. The zero-order valence-corrected chi connectivity index (χ0v) is 18.4. The van der Waals surface area contributed by atoms with Crippen LogP contribution in [-0.2, 0) is 4.79 Å². The summed E-state index contributed by atoms with van der Waals surface area (Å²) in [6, 6.07) is 8.60. The minimum atomic E-state index is 0.172. The topological polar surface area (TPSA) is 48.1 Å². The number of H-pyrrole nitrogens is 1. The zero-order valence-electron chi connectivity index (χ0n) is 18.4. The van der Waals surface area contributed by atoms with Gasteiger partial charge in [0.1, 0.15) is 0 Å². The molecule has 1 aromatic carbocycles. The van der Waals surface area contributed by atoms with Crippen molar-refractivity contribution in [2.45, 2.75) is 72.3 Å². The van der Waals surface area contributed by atoms with Crippen molar-refractivity contribution in [3.8, 4) is 0 Å². The maximum atomic E-state index is 12.8. The molecule has 2 aromatic rings. The summed E-state index contributed by atoms with van der Waals surface area (Å²) in [6.45, 7) is 14.3. The van der Waals surface area contributed by atoms with E-state index in [1.165, 1.54) is 10.9 Å². The van der Waals surface area contributed by atoms with Crippen molar-refractivity contribution in [3.05, 3.63) is 36.0 Å². The molecule has 28 heavy (non-hydrogen) atoms. The average molecular weight is 386 g/mol. The summed E-state index contributed by atoms with van der Waals surface area (Å²) in [6.07, 6.45) is 5.83. The van der Waals surface area contributed by atoms with Crippen molar-refractivity contribution < 1.29 is 4.79 Å². The second kappa shape index (κ2) is 11.3. The molecule has 2 rings (SSSR count). The Hall–Kier alpha value is -1.81. The van der Waals surface area contributed by atoms with E-state index in [0.29, 0.717) is 12.3 Å². The third kappa shape index (κ3) is 6.66. The standard InChI is InChI=1S/C24H39N3O/c1-6-27(7-2)14-10-11-19(5)26-24(28)16-20(15-18(3)4)22-17-25-23-13-9-8-12-21(22)23/h8-9,12-13,17-20,25H,6-7,10-11,14-16H2,1-5H3,(H,26,28)/t19-,20+/m1/s1. The van der Waals surface area contributed by atoms with E-state index in [-0.39, 0.29) is 17.9 Å². The van der Waals surface area contributed by atoms with Gasteiger partial charge in [0.05, 0.1) is 0 Å². The molecule has 1 amide bonds. The Morgan fingerprint density at radius 3 is 2.54 bits per heavy atom. The molecule has 0 unspecified atom stereocenters. The van der Waals surface area contributed by atoms with E-state index >= 15 is 0 Å². The molecule has 0 aliphatic heterocycles. The Balaban J connectivity index is 1.94. The number of carbonyl (C=O) groups is 1. The van der Waals surface area contributed by atoms with Crippen LogP contribution in [0.5, 0.6) is 0 Å². The van der Waals surface area contributed by atoms with Crippen LogP contribution in [0.1, 0.15) is 71.8 Å². The molecule has 0 fully saturated rings. The molecule has 2 atom stereocenters. The molecule has 0 spiro atoms. The second-order valence-electron chi connectivity index (χ2n) is 8.46. The fourth-order valence-corrected chi connectivity index (χ4v) is 4.11. The molecule has 2 N–H and O–H groups in total. The number of amides is 1. The summed E-state index contributed by atoms with van der Waals surface area (Å²) in [5, 5.41) is 4.48. The Morgan fingerprint density at radius 2 is 1.86 bits per heavy atom. The molecule has 1 aromatic heterocycles. The van der Waals surface area contributed by atoms with Crippen molar-refractivity contribution in [2.75, 3.05) is 19.6 Å². The first-order chi connectivity index (χ1) is 13.4. The van der Waals surface area contributed by atoms with Gasteiger partial charge in [0.25, 0.3) is 0 Å². The number of para-hydroxylation sites is 1. The quantitative estimate of drug-likeness (QED) is 0.520. The van der Waals surface area contributed by atoms with Gasteiger partial charge in [-0.1, -0.05) is 45.9 Å². The molecule has 4 heteroatoms. The predicted molar refractivity (Wildman–Crippen MR) is 120 cm³/mol. The first-order valence-electron chi connectivity index (χ1n) is 11.0. The minimum Gasteiger partial charge on any atom is -0.361 e. The largest absolute Gasteiger partial charge is 0.361 e. The maximum Gasteiger partial charge on any atom is 0.220 e. The van der Waals surface area contributed by atoms with E-state index in [2.05, 4.69) is 74.2 Å². The Morgan fingerprint density at radius 1 is 1.14 bits per heavy atom. The molecule has 0 saturated carbocycles. The van der Waals surface area contributed by atoms with Crippen molar-refractivity contribution in [2.24, 2.45) is 5.92 Å². The van der Waals surface area contributed by atoms with E-state index in [9.17, 15) is 4.79 Å². The van der Waals surface area contributed by atoms with E-state index in [0.717, 1.165) is 44.4 Å². The fourth-order valence-electron chi connectivity index (χ4n) is 4.11. The van der Waals surface area contributed by atoms with Crippen LogP contribution in [0.2, 0.25) is 0 Å². The first-order valence-corrected chi connectivity index (χ1v) is 11.0. The predicted octanol–water partition coefficient (Wildman–Crippen LogP) is 5.31. The summed E-state index contributed by atoms with van der Waals surface area (Å²) in [7, 11) is 0. The lowest BCUT2D eigenvalue weighted by Gasteiger charge is -2.22. The zero-order chi connectivity index (χ0) is 20.5. The van der Waals surface area contributed by atoms with Gasteiger partial charge < -0.3 is 15.2 Å². The van der Waals surface area contributed by atoms with Gasteiger partial charge >= 0.3 is 0 Å². The van der Waals surface area contributed by atoms with Crippen LogP contribution in [0.15, 0.2) is 30.5 Å². The summed E-state index contributed by atoms with van der Waals surface area (Å²) in [5.74, 6) is 0.975. The number of fused-ring (bicyclic) bond motifs is 1. The third-order valence-corrected chi connectivity index (χ3v) is 5.66. The monoisotopic (exact) mass is 385 g/mol. The van der Waals surface area contributed by atoms with Crippen LogP contribution >= 0.6 is 0 Å². The van der Waals surface area contributed by atoms with Crippen molar-refractivity contribution in [1.82, 2.24) is 15.2 Å². The van der Waals surface area contributed by atoms with E-state index in [4.69, 9.17) is 0 Å². The van der Waals surface area contributed by atoms with Crippen molar-refractivity contribution in [3.63, 3.8) is 0 Å². The normalized spacial score (nSPS) is 14.0. The van der Waals surface area contributed by atoms with Gasteiger partial charge in [0, 0.05) is 29.6 Å². The third-order valence-electron chi connectivity index (χ3n) is 5.66. The van der Waals surface area contributed by atoms with Crippen LogP contribution in [0, 0.1) is 5.92 Å².